The van der Waals surface area contributed by atoms with Gasteiger partial charge in [-0.3, -0.25) is 9.36 Å². The Balaban J connectivity index is 1.78. The van der Waals surface area contributed by atoms with Crippen LogP contribution < -0.4 is 10.6 Å². The van der Waals surface area contributed by atoms with Crippen LogP contribution in [-0.4, -0.2) is 27.4 Å². The Morgan fingerprint density at radius 2 is 1.85 bits per heavy atom. The van der Waals surface area contributed by atoms with Gasteiger partial charge in [-0.25, -0.2) is 9.97 Å². The van der Waals surface area contributed by atoms with Gasteiger partial charge in [0.25, 0.3) is 0 Å². The van der Waals surface area contributed by atoms with E-state index in [1.807, 2.05) is 66.2 Å². The largest absolute Gasteiger partial charge is 0.358 e. The Hall–Kier alpha value is -3.67. The Kier molecular flexibility index (Phi) is 4.30. The standard InChI is InChI=1S/C21H19N5O/c1-14(27)15-7-6-8-16(11-15)24-20-12-19-18(13-23-20)25-21(22-2)26(19)17-9-4-3-5-10-17/h3-13H,1-2H3,(H,22,25)(H,23,24). The number of ketones is 1. The van der Waals surface area contributed by atoms with Crippen LogP contribution in [0, 0.1) is 0 Å². The van der Waals surface area contributed by atoms with E-state index in [-0.39, 0.29) is 5.78 Å². The minimum absolute atomic E-state index is 0.0304. The quantitative estimate of drug-likeness (QED) is 0.518. The van der Waals surface area contributed by atoms with Crippen LogP contribution in [0.3, 0.4) is 0 Å². The van der Waals surface area contributed by atoms with Gasteiger partial charge in [-0.05, 0) is 31.2 Å². The number of anilines is 3. The van der Waals surface area contributed by atoms with Crippen LogP contribution in [0.1, 0.15) is 17.3 Å². The molecule has 0 radical (unpaired) electrons. The van der Waals surface area contributed by atoms with Crippen LogP contribution in [0.5, 0.6) is 0 Å². The molecule has 2 heterocycles. The van der Waals surface area contributed by atoms with E-state index >= 15 is 0 Å². The van der Waals surface area contributed by atoms with E-state index < -0.39 is 0 Å². The topological polar surface area (TPSA) is 71.8 Å². The van der Waals surface area contributed by atoms with E-state index in [1.165, 1.54) is 0 Å². The first-order valence-electron chi connectivity index (χ1n) is 8.65. The molecular weight excluding hydrogens is 338 g/mol. The fraction of sp³-hybridized carbons (Fsp3) is 0.0952. The highest BCUT2D eigenvalue weighted by molar-refractivity contribution is 5.95. The van der Waals surface area contributed by atoms with Crippen LogP contribution in [0.2, 0.25) is 0 Å². The van der Waals surface area contributed by atoms with Gasteiger partial charge in [-0.2, -0.15) is 0 Å². The first-order chi connectivity index (χ1) is 13.2. The van der Waals surface area contributed by atoms with E-state index in [0.717, 1.165) is 28.4 Å². The number of hydrogen-bond acceptors (Lipinski definition) is 5. The Bertz CT molecular complexity index is 1120. The third-order valence-electron chi connectivity index (χ3n) is 4.32. The predicted octanol–water partition coefficient (Wildman–Crippen LogP) is 4.41. The zero-order valence-electron chi connectivity index (χ0n) is 15.1. The van der Waals surface area contributed by atoms with Crippen LogP contribution in [-0.2, 0) is 0 Å². The number of hydrogen-bond donors (Lipinski definition) is 2. The number of carbonyl (C=O) groups excluding carboxylic acids is 1. The summed E-state index contributed by atoms with van der Waals surface area (Å²) in [6, 6.07) is 19.4. The molecular formula is C21H19N5O. The van der Waals surface area contributed by atoms with E-state index in [2.05, 4.69) is 20.6 Å². The fourth-order valence-electron chi connectivity index (χ4n) is 3.02. The maximum Gasteiger partial charge on any atom is 0.208 e. The van der Waals surface area contributed by atoms with Crippen molar-refractivity contribution in [3.05, 3.63) is 72.4 Å². The number of Topliss-reactive ketones (excluding diaryl/α,β-unsaturated/α-hetero) is 1. The summed E-state index contributed by atoms with van der Waals surface area (Å²) < 4.78 is 2.05. The molecule has 2 N–H and O–H groups in total. The van der Waals surface area contributed by atoms with Gasteiger partial charge in [0.2, 0.25) is 5.95 Å². The molecule has 0 saturated carbocycles. The second kappa shape index (κ2) is 6.92. The summed E-state index contributed by atoms with van der Waals surface area (Å²) in [5, 5.41) is 6.41. The number of imidazole rings is 1. The zero-order chi connectivity index (χ0) is 18.8. The minimum atomic E-state index is 0.0304. The molecule has 4 rings (SSSR count). The maximum atomic E-state index is 11.6. The van der Waals surface area contributed by atoms with Crippen LogP contribution >= 0.6 is 0 Å². The third-order valence-corrected chi connectivity index (χ3v) is 4.32. The second-order valence-corrected chi connectivity index (χ2v) is 6.18. The van der Waals surface area contributed by atoms with E-state index in [4.69, 9.17) is 0 Å². The maximum absolute atomic E-state index is 11.6. The molecule has 0 fully saturated rings. The zero-order valence-corrected chi connectivity index (χ0v) is 15.1. The molecule has 6 heteroatoms. The third kappa shape index (κ3) is 3.25. The highest BCUT2D eigenvalue weighted by Gasteiger charge is 2.13. The van der Waals surface area contributed by atoms with Crippen molar-refractivity contribution in [2.45, 2.75) is 6.92 Å². The predicted molar refractivity (Wildman–Crippen MR) is 108 cm³/mol. The lowest BCUT2D eigenvalue weighted by atomic mass is 10.1. The molecule has 2 aromatic heterocycles. The van der Waals surface area contributed by atoms with Crippen molar-refractivity contribution in [2.75, 3.05) is 17.7 Å². The number of benzene rings is 2. The smallest absolute Gasteiger partial charge is 0.208 e. The number of nitrogens with one attached hydrogen (secondary N) is 2. The summed E-state index contributed by atoms with van der Waals surface area (Å²) in [6.07, 6.45) is 1.74. The Labute approximate surface area is 156 Å². The van der Waals surface area contributed by atoms with Gasteiger partial charge in [0.05, 0.1) is 11.7 Å². The summed E-state index contributed by atoms with van der Waals surface area (Å²) in [5.74, 6) is 1.46. The first kappa shape index (κ1) is 16.8. The van der Waals surface area contributed by atoms with Crippen molar-refractivity contribution in [3.8, 4) is 5.69 Å². The van der Waals surface area contributed by atoms with Gasteiger partial charge in [0.1, 0.15) is 11.3 Å². The van der Waals surface area contributed by atoms with Gasteiger partial charge in [0.15, 0.2) is 5.78 Å². The van der Waals surface area contributed by atoms with Crippen molar-refractivity contribution >= 4 is 34.3 Å². The number of pyridine rings is 1. The van der Waals surface area contributed by atoms with Crippen molar-refractivity contribution in [2.24, 2.45) is 0 Å². The number of aromatic nitrogens is 3. The number of carbonyl (C=O) groups is 1. The highest BCUT2D eigenvalue weighted by atomic mass is 16.1. The van der Waals surface area contributed by atoms with Gasteiger partial charge in [-0.1, -0.05) is 30.3 Å². The fourth-order valence-corrected chi connectivity index (χ4v) is 3.02. The van der Waals surface area contributed by atoms with Gasteiger partial charge in [-0.15, -0.1) is 0 Å². The van der Waals surface area contributed by atoms with Crippen molar-refractivity contribution in [3.63, 3.8) is 0 Å². The summed E-state index contributed by atoms with van der Waals surface area (Å²) >= 11 is 0. The molecule has 27 heavy (non-hydrogen) atoms. The lowest BCUT2D eigenvalue weighted by molar-refractivity contribution is 0.101. The molecule has 0 spiro atoms. The molecule has 0 atom stereocenters. The average Bonchev–Trinajstić information content (AvgIpc) is 3.06. The van der Waals surface area contributed by atoms with Crippen molar-refractivity contribution in [1.29, 1.82) is 0 Å². The first-order valence-corrected chi connectivity index (χ1v) is 8.65. The van der Waals surface area contributed by atoms with E-state index in [9.17, 15) is 4.79 Å². The normalized spacial score (nSPS) is 10.7. The van der Waals surface area contributed by atoms with Crippen LogP contribution in [0.15, 0.2) is 66.9 Å². The molecule has 0 unspecified atom stereocenters. The van der Waals surface area contributed by atoms with Crippen molar-refractivity contribution in [1.82, 2.24) is 14.5 Å². The van der Waals surface area contributed by atoms with E-state index in [0.29, 0.717) is 11.4 Å². The van der Waals surface area contributed by atoms with Crippen LogP contribution in [0.4, 0.5) is 17.5 Å². The summed E-state index contributed by atoms with van der Waals surface area (Å²) in [6.45, 7) is 1.56. The molecule has 0 aliphatic rings. The Morgan fingerprint density at radius 1 is 1.04 bits per heavy atom. The molecule has 0 aliphatic heterocycles. The molecule has 134 valence electrons. The lowest BCUT2D eigenvalue weighted by Gasteiger charge is -2.10. The summed E-state index contributed by atoms with van der Waals surface area (Å²) in [7, 11) is 1.85. The summed E-state index contributed by atoms with van der Waals surface area (Å²) in [4.78, 5) is 20.7. The van der Waals surface area contributed by atoms with Crippen molar-refractivity contribution < 1.29 is 4.79 Å². The minimum Gasteiger partial charge on any atom is -0.358 e. The molecule has 2 aromatic carbocycles. The number of rotatable bonds is 5. The number of para-hydroxylation sites is 1. The van der Waals surface area contributed by atoms with Gasteiger partial charge >= 0.3 is 0 Å². The van der Waals surface area contributed by atoms with Crippen LogP contribution in [0.25, 0.3) is 16.7 Å². The average molecular weight is 357 g/mol. The summed E-state index contributed by atoms with van der Waals surface area (Å²) in [5.41, 5.74) is 4.22. The van der Waals surface area contributed by atoms with Gasteiger partial charge < -0.3 is 10.6 Å². The SMILES string of the molecule is CNc1nc2cnc(Nc3cccc(C(C)=O)c3)cc2n1-c1ccccc1. The Morgan fingerprint density at radius 3 is 2.59 bits per heavy atom. The molecule has 6 nitrogen and oxygen atoms in total. The second-order valence-electron chi connectivity index (χ2n) is 6.18. The van der Waals surface area contributed by atoms with E-state index in [1.54, 1.807) is 19.2 Å². The highest BCUT2D eigenvalue weighted by Crippen LogP contribution is 2.27. The molecule has 0 bridgehead atoms. The molecule has 0 amide bonds. The number of nitrogens with zero attached hydrogens (tertiary/aromatic N) is 3. The number of fused-ring (bicyclic) bond motifs is 1. The van der Waals surface area contributed by atoms with Gasteiger partial charge in [0, 0.05) is 30.1 Å². The molecule has 0 saturated heterocycles. The molecule has 4 aromatic rings. The lowest BCUT2D eigenvalue weighted by Crippen LogP contribution is -2.01. The monoisotopic (exact) mass is 357 g/mol. The molecule has 0 aliphatic carbocycles.